The summed E-state index contributed by atoms with van der Waals surface area (Å²) < 4.78 is 0. The highest BCUT2D eigenvalue weighted by molar-refractivity contribution is 5.96. The molecule has 13 heteroatoms. The zero-order chi connectivity index (χ0) is 36.4. The number of benzene rings is 2. The van der Waals surface area contributed by atoms with Gasteiger partial charge in [-0.1, -0.05) is 74.5 Å². The fourth-order valence-corrected chi connectivity index (χ4v) is 6.73. The molecule has 5 amide bonds. The van der Waals surface area contributed by atoms with Crippen LogP contribution in [0.1, 0.15) is 57.6 Å². The van der Waals surface area contributed by atoms with Crippen molar-refractivity contribution in [3.8, 4) is 0 Å². The average Bonchev–Trinajstić information content (AvgIpc) is 3.78. The molecule has 0 saturated carbocycles. The van der Waals surface area contributed by atoms with E-state index < -0.39 is 71.9 Å². The number of nitrogens with one attached hydrogen (secondary N) is 3. The van der Waals surface area contributed by atoms with E-state index in [0.29, 0.717) is 38.4 Å². The second-order valence-electron chi connectivity index (χ2n) is 13.7. The van der Waals surface area contributed by atoms with E-state index >= 15 is 0 Å². The molecular weight excluding hydrogens is 640 g/mol. The summed E-state index contributed by atoms with van der Waals surface area (Å²) in [6, 6.07) is 13.6. The average molecular weight is 691 g/mol. The number of aldehydes is 1. The molecule has 2 fully saturated rings. The molecule has 1 unspecified atom stereocenters. The third kappa shape index (κ3) is 9.13. The van der Waals surface area contributed by atoms with Gasteiger partial charge in [0.15, 0.2) is 0 Å². The lowest BCUT2D eigenvalue weighted by Gasteiger charge is -2.35. The highest BCUT2D eigenvalue weighted by Gasteiger charge is 2.46. The van der Waals surface area contributed by atoms with Crippen LogP contribution in [-0.2, 0) is 41.6 Å². The van der Waals surface area contributed by atoms with E-state index in [2.05, 4.69) is 16.0 Å². The van der Waals surface area contributed by atoms with Gasteiger partial charge in [0.05, 0.1) is 12.6 Å². The van der Waals surface area contributed by atoms with Gasteiger partial charge in [0, 0.05) is 19.5 Å². The molecule has 2 aliphatic rings. The Kier molecular flexibility index (Phi) is 13.3. The van der Waals surface area contributed by atoms with Crippen LogP contribution in [0.25, 0.3) is 0 Å². The fraction of sp³-hybridized carbons (Fsp3) is 0.514. The smallest absolute Gasteiger partial charge is 0.246 e. The first kappa shape index (κ1) is 38.2. The van der Waals surface area contributed by atoms with Crippen molar-refractivity contribution in [2.45, 2.75) is 95.0 Å². The minimum atomic E-state index is -1.35. The number of likely N-dealkylation sites (tertiary alicyclic amines) is 2. The molecule has 2 aliphatic heterocycles. The van der Waals surface area contributed by atoms with Crippen LogP contribution in [-0.4, -0.2) is 106 Å². The lowest BCUT2D eigenvalue weighted by molar-refractivity contribution is -0.146. The summed E-state index contributed by atoms with van der Waals surface area (Å²) >= 11 is 0. The zero-order valence-electron chi connectivity index (χ0n) is 29.0. The van der Waals surface area contributed by atoms with Crippen molar-refractivity contribution < 1.29 is 33.9 Å². The van der Waals surface area contributed by atoms with Crippen molar-refractivity contribution in [1.82, 2.24) is 25.8 Å². The molecule has 0 radical (unpaired) electrons. The van der Waals surface area contributed by atoms with Crippen molar-refractivity contribution in [3.63, 3.8) is 0 Å². The van der Waals surface area contributed by atoms with Crippen molar-refractivity contribution in [1.29, 1.82) is 0 Å². The number of aliphatic hydroxyl groups excluding tert-OH is 1. The Morgan fingerprint density at radius 2 is 1.48 bits per heavy atom. The van der Waals surface area contributed by atoms with Gasteiger partial charge in [0.25, 0.3) is 0 Å². The summed E-state index contributed by atoms with van der Waals surface area (Å²) in [6.45, 7) is 5.09. The largest absolute Gasteiger partial charge is 0.393 e. The number of carbonyl (C=O) groups is 6. The predicted octanol–water partition coefficient (Wildman–Crippen LogP) is 0.473. The van der Waals surface area contributed by atoms with Crippen LogP contribution in [0.2, 0.25) is 0 Å². The van der Waals surface area contributed by atoms with E-state index in [1.807, 2.05) is 60.7 Å². The van der Waals surface area contributed by atoms with Gasteiger partial charge in [0.2, 0.25) is 29.5 Å². The number of nitrogens with zero attached hydrogens (tertiary/aromatic N) is 2. The summed E-state index contributed by atoms with van der Waals surface area (Å²) in [4.78, 5) is 82.4. The standard InChI is InChI=1S/C37H50N6O7/c1-24(2)31(41-32(46)28(38)20-26-12-6-4-7-13-26)34(48)39-25(3)35(49)42-18-10-16-30(42)33(47)40-29(21-27-14-8-5-9-15-27)36(50)43-19-11-17-37(43,22-44)23-45/h4-9,12-15,22,24-25,28-31,45H,10-11,16-21,23,38H2,1-3H3,(H,39,48)(H,40,47)(H,41,46)/t25-,28-,29-,30-,31-,37?/m0/s1. The van der Waals surface area contributed by atoms with Gasteiger partial charge in [-0.05, 0) is 56.1 Å². The SMILES string of the molecule is CC(C)[C@H](NC(=O)[C@@H](N)Cc1ccccc1)C(=O)N[C@@H](C)C(=O)N1CCC[C@H]1C(=O)N[C@@H](Cc1ccccc1)C(=O)N1CCCC1(C=O)CO. The number of hydrogen-bond acceptors (Lipinski definition) is 8. The normalized spacial score (nSPS) is 21.2. The summed E-state index contributed by atoms with van der Waals surface area (Å²) in [5.41, 5.74) is 6.46. The van der Waals surface area contributed by atoms with Crippen molar-refractivity contribution >= 4 is 35.8 Å². The minimum absolute atomic E-state index is 0.146. The van der Waals surface area contributed by atoms with Gasteiger partial charge in [-0.2, -0.15) is 0 Å². The highest BCUT2D eigenvalue weighted by atomic mass is 16.3. The van der Waals surface area contributed by atoms with Crippen LogP contribution in [0.3, 0.4) is 0 Å². The fourth-order valence-electron chi connectivity index (χ4n) is 6.73. The monoisotopic (exact) mass is 690 g/mol. The first-order chi connectivity index (χ1) is 23.9. The maximum absolute atomic E-state index is 13.9. The number of amides is 5. The maximum atomic E-state index is 13.9. The Hall–Kier alpha value is -4.62. The molecule has 50 heavy (non-hydrogen) atoms. The van der Waals surface area contributed by atoms with Crippen molar-refractivity contribution in [2.75, 3.05) is 19.7 Å². The third-order valence-electron chi connectivity index (χ3n) is 9.64. The second-order valence-corrected chi connectivity index (χ2v) is 13.7. The van der Waals surface area contributed by atoms with Gasteiger partial charge in [0.1, 0.15) is 36.0 Å². The van der Waals surface area contributed by atoms with E-state index in [0.717, 1.165) is 11.1 Å². The Labute approximate surface area is 293 Å². The van der Waals surface area contributed by atoms with Crippen LogP contribution in [0, 0.1) is 5.92 Å². The molecule has 270 valence electrons. The first-order valence-electron chi connectivity index (χ1n) is 17.3. The number of carbonyl (C=O) groups excluding carboxylic acids is 6. The number of hydrogen-bond donors (Lipinski definition) is 5. The summed E-state index contributed by atoms with van der Waals surface area (Å²) in [6.07, 6.45) is 2.79. The lowest BCUT2D eigenvalue weighted by Crippen LogP contribution is -2.60. The van der Waals surface area contributed by atoms with Gasteiger partial charge in [-0.3, -0.25) is 24.0 Å². The molecule has 6 N–H and O–H groups in total. The van der Waals surface area contributed by atoms with Crippen molar-refractivity contribution in [2.24, 2.45) is 11.7 Å². The molecule has 0 spiro atoms. The maximum Gasteiger partial charge on any atom is 0.246 e. The zero-order valence-corrected chi connectivity index (χ0v) is 29.0. The third-order valence-corrected chi connectivity index (χ3v) is 9.64. The molecule has 13 nitrogen and oxygen atoms in total. The molecule has 2 heterocycles. The highest BCUT2D eigenvalue weighted by Crippen LogP contribution is 2.29. The number of aliphatic hydroxyl groups is 1. The van der Waals surface area contributed by atoms with Crippen LogP contribution < -0.4 is 21.7 Å². The Balaban J connectivity index is 1.42. The summed E-state index contributed by atoms with van der Waals surface area (Å²) in [5.74, 6) is -2.84. The molecule has 0 bridgehead atoms. The van der Waals surface area contributed by atoms with Gasteiger partial charge in [-0.25, -0.2) is 0 Å². The quantitative estimate of drug-likeness (QED) is 0.167. The molecule has 2 saturated heterocycles. The molecule has 0 aromatic heterocycles. The van der Waals surface area contributed by atoms with Gasteiger partial charge in [-0.15, -0.1) is 0 Å². The van der Waals surface area contributed by atoms with Crippen LogP contribution in [0.4, 0.5) is 0 Å². The van der Waals surface area contributed by atoms with Crippen molar-refractivity contribution in [3.05, 3.63) is 71.8 Å². The lowest BCUT2D eigenvalue weighted by atomic mass is 9.97. The first-order valence-corrected chi connectivity index (χ1v) is 17.3. The van der Waals surface area contributed by atoms with E-state index in [1.165, 1.54) is 16.7 Å². The number of rotatable bonds is 15. The molecule has 0 aliphatic carbocycles. The summed E-state index contributed by atoms with van der Waals surface area (Å²) in [5, 5.41) is 18.3. The predicted molar refractivity (Wildman–Crippen MR) is 186 cm³/mol. The Morgan fingerprint density at radius 3 is 2.06 bits per heavy atom. The Morgan fingerprint density at radius 1 is 0.860 bits per heavy atom. The van der Waals surface area contributed by atoms with E-state index in [9.17, 15) is 33.9 Å². The Bertz CT molecular complexity index is 1510. The minimum Gasteiger partial charge on any atom is -0.393 e. The topological polar surface area (TPSA) is 191 Å². The second kappa shape index (κ2) is 17.3. The van der Waals surface area contributed by atoms with E-state index in [-0.39, 0.29) is 25.4 Å². The summed E-state index contributed by atoms with van der Waals surface area (Å²) in [7, 11) is 0. The van der Waals surface area contributed by atoms with Gasteiger partial charge < -0.3 is 41.4 Å². The van der Waals surface area contributed by atoms with E-state index in [1.54, 1.807) is 13.8 Å². The van der Waals surface area contributed by atoms with Crippen LogP contribution in [0.5, 0.6) is 0 Å². The molecule has 4 rings (SSSR count). The number of nitrogens with two attached hydrogens (primary N) is 1. The molecule has 2 aromatic carbocycles. The van der Waals surface area contributed by atoms with Crippen LogP contribution in [0.15, 0.2) is 60.7 Å². The molecule has 6 atom stereocenters. The van der Waals surface area contributed by atoms with Crippen LogP contribution >= 0.6 is 0 Å². The molecular formula is C37H50N6O7. The molecule has 2 aromatic rings. The van der Waals surface area contributed by atoms with E-state index in [4.69, 9.17) is 5.73 Å². The van der Waals surface area contributed by atoms with Gasteiger partial charge >= 0.3 is 0 Å².